The smallest absolute Gasteiger partial charge is 0.346 e. The summed E-state index contributed by atoms with van der Waals surface area (Å²) >= 11 is 7.86. The van der Waals surface area contributed by atoms with Crippen LogP contribution >= 0.6 is 60.8 Å². The van der Waals surface area contributed by atoms with Crippen molar-refractivity contribution >= 4 is 90.3 Å². The minimum atomic E-state index is -0.840. The Balaban J connectivity index is 0.000000338. The van der Waals surface area contributed by atoms with Gasteiger partial charge in [-0.2, -0.15) is 9.97 Å². The molecule has 2 saturated heterocycles. The third-order valence-electron chi connectivity index (χ3n) is 10.5. The number of hydrogen-bond acceptors (Lipinski definition) is 16. The Bertz CT molecular complexity index is 1870. The number of halogens is 5. The SMILES string of the molecule is C.CC(=O)O[C@H]1CS[C@H](C(=O)O[C@@H]2C[C@H](C)CCC2C(C)C)O1.CC(C)[C@@H]1CC[C@@H](C)C[C@H]1OC(=O)[C@@H]1O[C@H](n2cc(F)c(N)nc2=O)CS1.I[I-]I.Nc1[nH]c(=O)ncc1F. The first-order valence-electron chi connectivity index (χ1n) is 19.8. The largest absolute Gasteiger partial charge is 0.383 e. The number of aromatic amines is 1. The minimum absolute atomic E-state index is 0. The molecular weight excluding hydrogens is 1200 g/mol. The fourth-order valence-corrected chi connectivity index (χ4v) is 9.23. The fraction of sp³-hybridized carbons (Fsp3) is 0.718. The maximum atomic E-state index is 13.6. The van der Waals surface area contributed by atoms with Gasteiger partial charge in [-0.3, -0.25) is 14.3 Å². The van der Waals surface area contributed by atoms with E-state index in [0.717, 1.165) is 49.1 Å². The molecule has 10 atom stereocenters. The quantitative estimate of drug-likeness (QED) is 0.189. The van der Waals surface area contributed by atoms with Crippen LogP contribution in [0.2, 0.25) is 0 Å². The maximum Gasteiger partial charge on any atom is 0.346 e. The van der Waals surface area contributed by atoms with Crippen LogP contribution in [0.1, 0.15) is 101 Å². The molecule has 0 radical (unpaired) electrons. The Morgan fingerprint density at radius 1 is 0.871 bits per heavy atom. The number of carbonyl (C=O) groups excluding carboxylic acids is 3. The van der Waals surface area contributed by atoms with E-state index in [-0.39, 0.29) is 31.4 Å². The zero-order valence-corrected chi connectivity index (χ0v) is 43.1. The summed E-state index contributed by atoms with van der Waals surface area (Å²) in [5.41, 5.74) is 7.36. The molecular formula is C39H60F2I3N6O10S2-. The standard InChI is InChI=1S/C18H26FN3O4S.C16H26O5S.C4H4FN3O.CH4.I3/c1-9(2)11-5-4-10(3)6-13(11)25-16(23)17-26-14(8-27-17)22-7-12(19)15(20)21-18(22)24;1-9(2)12-6-5-10(3)7-13(12)20-15(18)16-21-14(8-22-16)19-11(4)17;5-2-1-7-4(9)8-3(2)6;;1-3-2/h7,9-11,13-14,17H,4-6,8H2,1-3H3,(H2,20,21,24);9-10,12-14,16H,5-8H2,1-4H3;1H,(H3,6,7,8,9);1H4;/q;;;;-1/t10-,11+,13-,14+,17-;10-,12?,13-,14-,16-;;;/m11.../s1. The number of esters is 3. The molecule has 6 rings (SSSR count). The van der Waals surface area contributed by atoms with E-state index in [0.29, 0.717) is 60.3 Å². The second-order valence-electron chi connectivity index (χ2n) is 15.9. The summed E-state index contributed by atoms with van der Waals surface area (Å²) in [7, 11) is 0. The number of nitrogens with one attached hydrogen (secondary N) is 1. The number of rotatable bonds is 8. The molecule has 4 fully saturated rings. The maximum absolute atomic E-state index is 13.6. The van der Waals surface area contributed by atoms with Gasteiger partial charge in [0.05, 0.1) is 18.1 Å². The second-order valence-corrected chi connectivity index (χ2v) is 34.3. The summed E-state index contributed by atoms with van der Waals surface area (Å²) in [4.78, 5) is 66.5. The Hall–Kier alpha value is -1.56. The second kappa shape index (κ2) is 27.8. The van der Waals surface area contributed by atoms with Crippen LogP contribution in [0.15, 0.2) is 22.0 Å². The molecule has 5 N–H and O–H groups in total. The van der Waals surface area contributed by atoms with E-state index in [1.807, 2.05) is 4.98 Å². The number of aromatic nitrogens is 4. The molecule has 354 valence electrons. The summed E-state index contributed by atoms with van der Waals surface area (Å²) in [6, 6.07) is 0. The summed E-state index contributed by atoms with van der Waals surface area (Å²) in [6.07, 6.45) is 6.40. The van der Waals surface area contributed by atoms with Crippen molar-refractivity contribution in [2.45, 2.75) is 130 Å². The van der Waals surface area contributed by atoms with Crippen molar-refractivity contribution < 1.29 is 60.1 Å². The van der Waals surface area contributed by atoms with Gasteiger partial charge in [0, 0.05) is 12.7 Å². The Morgan fingerprint density at radius 2 is 1.37 bits per heavy atom. The zero-order valence-electron chi connectivity index (χ0n) is 35.0. The van der Waals surface area contributed by atoms with Crippen LogP contribution < -0.4 is 36.1 Å². The van der Waals surface area contributed by atoms with Crippen molar-refractivity contribution in [1.82, 2.24) is 19.5 Å². The molecule has 4 heterocycles. The van der Waals surface area contributed by atoms with Gasteiger partial charge in [-0.25, -0.2) is 28.0 Å². The van der Waals surface area contributed by atoms with Gasteiger partial charge in [-0.15, -0.1) is 23.5 Å². The molecule has 23 heteroatoms. The van der Waals surface area contributed by atoms with Crippen molar-refractivity contribution in [3.8, 4) is 0 Å². The Morgan fingerprint density at radius 3 is 1.84 bits per heavy atom. The van der Waals surface area contributed by atoms with Gasteiger partial charge in [0.1, 0.15) is 24.3 Å². The first-order chi connectivity index (χ1) is 28.7. The van der Waals surface area contributed by atoms with E-state index < -0.39 is 64.2 Å². The zero-order chi connectivity index (χ0) is 45.6. The van der Waals surface area contributed by atoms with Crippen LogP contribution in [0, 0.1) is 47.1 Å². The van der Waals surface area contributed by atoms with Gasteiger partial charge in [0.2, 0.25) is 17.2 Å². The van der Waals surface area contributed by atoms with E-state index in [2.05, 4.69) is 88.7 Å². The van der Waals surface area contributed by atoms with E-state index >= 15 is 0 Å². The minimum Gasteiger partial charge on any atom is -0.383 e. The summed E-state index contributed by atoms with van der Waals surface area (Å²) < 4.78 is 54.4. The van der Waals surface area contributed by atoms with E-state index in [1.54, 1.807) is 0 Å². The average molecular weight is 1260 g/mol. The van der Waals surface area contributed by atoms with E-state index in [9.17, 15) is 32.8 Å². The number of anilines is 2. The molecule has 0 bridgehead atoms. The third-order valence-corrected chi connectivity index (χ3v) is 12.7. The van der Waals surface area contributed by atoms with Crippen LogP contribution in [-0.2, 0) is 38.1 Å². The summed E-state index contributed by atoms with van der Waals surface area (Å²) in [6.45, 7) is 14.4. The number of nitrogens with two attached hydrogens (primary N) is 2. The molecule has 62 heavy (non-hydrogen) atoms. The monoisotopic (exact) mass is 1260 g/mol. The van der Waals surface area contributed by atoms with Gasteiger partial charge < -0.3 is 35.2 Å². The predicted molar refractivity (Wildman–Crippen MR) is 249 cm³/mol. The molecule has 0 amide bonds. The molecule has 2 aromatic rings. The predicted octanol–water partition coefficient (Wildman–Crippen LogP) is 4.43. The summed E-state index contributed by atoms with van der Waals surface area (Å²) in [5, 5.41) is 0. The molecule has 16 nitrogen and oxygen atoms in total. The molecule has 1 unspecified atom stereocenters. The molecule has 2 aliphatic carbocycles. The first kappa shape index (κ1) is 56.6. The van der Waals surface area contributed by atoms with Crippen LogP contribution in [0.4, 0.5) is 20.4 Å². The van der Waals surface area contributed by atoms with Crippen molar-refractivity contribution in [3.63, 3.8) is 0 Å². The number of hydrogen-bond donors (Lipinski definition) is 3. The number of nitrogen functional groups attached to an aromatic ring is 2. The van der Waals surface area contributed by atoms with E-state index in [1.165, 1.54) is 36.9 Å². The number of thioether (sulfide) groups is 2. The Kier molecular flexibility index (Phi) is 25.4. The number of ether oxygens (including phenoxy) is 5. The number of H-pyrrole nitrogens is 1. The molecule has 0 spiro atoms. The molecule has 2 aliphatic heterocycles. The van der Waals surface area contributed by atoms with Gasteiger partial charge in [-0.1, -0.05) is 61.8 Å². The summed E-state index contributed by atoms with van der Waals surface area (Å²) in [5.74, 6) is 0.129. The van der Waals surface area contributed by atoms with Crippen LogP contribution in [0.25, 0.3) is 0 Å². The number of carbonyl (C=O) groups is 3. The van der Waals surface area contributed by atoms with Crippen molar-refractivity contribution in [2.75, 3.05) is 23.0 Å². The molecule has 4 aliphatic rings. The Labute approximate surface area is 400 Å². The first-order valence-corrected chi connectivity index (χ1v) is 34.4. The van der Waals surface area contributed by atoms with Gasteiger partial charge in [-0.05, 0) is 61.2 Å². The van der Waals surface area contributed by atoms with Gasteiger partial charge >= 0.3 is 79.8 Å². The van der Waals surface area contributed by atoms with Gasteiger partial charge in [0.15, 0.2) is 17.5 Å². The number of nitrogens with zero attached hydrogens (tertiary/aromatic N) is 3. The van der Waals surface area contributed by atoms with Crippen LogP contribution in [-0.4, -0.2) is 78.3 Å². The van der Waals surface area contributed by atoms with Crippen LogP contribution in [0.5, 0.6) is 0 Å². The molecule has 2 saturated carbocycles. The van der Waals surface area contributed by atoms with Crippen LogP contribution in [0.3, 0.4) is 0 Å². The normalized spacial score (nSPS) is 27.9. The van der Waals surface area contributed by atoms with Crippen molar-refractivity contribution in [1.29, 1.82) is 0 Å². The van der Waals surface area contributed by atoms with Crippen molar-refractivity contribution in [2.24, 2.45) is 35.5 Å². The molecule has 0 aromatic carbocycles. The van der Waals surface area contributed by atoms with E-state index in [4.69, 9.17) is 35.2 Å². The molecule has 2 aromatic heterocycles. The van der Waals surface area contributed by atoms with Crippen molar-refractivity contribution in [3.05, 3.63) is 45.0 Å². The fourth-order valence-electron chi connectivity index (χ4n) is 7.38. The topological polar surface area (TPSA) is 230 Å². The average Bonchev–Trinajstić information content (AvgIpc) is 3.86. The third kappa shape index (κ3) is 18.0. The van der Waals surface area contributed by atoms with Gasteiger partial charge in [0.25, 0.3) is 0 Å².